The van der Waals surface area contributed by atoms with E-state index in [0.29, 0.717) is 0 Å². The molecule has 0 saturated heterocycles. The second kappa shape index (κ2) is 8.03. The first-order chi connectivity index (χ1) is 14.1. The molecule has 1 aliphatic carbocycles. The largest absolute Gasteiger partial charge is 0.469 e. The third-order valence-electron chi connectivity index (χ3n) is 5.77. The first-order valence-corrected chi connectivity index (χ1v) is 9.60. The molecule has 7 heteroatoms. The Morgan fingerprint density at radius 2 is 1.90 bits per heavy atom. The van der Waals surface area contributed by atoms with Gasteiger partial charge in [0, 0.05) is 37.0 Å². The zero-order valence-corrected chi connectivity index (χ0v) is 16.4. The normalized spacial score (nSPS) is 21.1. The Labute approximate surface area is 168 Å². The number of likely N-dealkylation sites (N-methyl/N-ethyl adjacent to an activating group) is 1. The van der Waals surface area contributed by atoms with E-state index in [1.165, 1.54) is 19.2 Å². The molecule has 1 saturated carbocycles. The molecule has 1 fully saturated rings. The highest BCUT2D eigenvalue weighted by atomic mass is 19.1. The Morgan fingerprint density at radius 1 is 1.17 bits per heavy atom. The quantitative estimate of drug-likeness (QED) is 0.667. The Hall–Kier alpha value is -3.22. The number of benzene rings is 1. The fraction of sp³-hybridized carbons (Fsp3) is 0.318. The van der Waals surface area contributed by atoms with Crippen LogP contribution in [-0.4, -0.2) is 41.1 Å². The van der Waals surface area contributed by atoms with Crippen LogP contribution in [0.2, 0.25) is 0 Å². The van der Waals surface area contributed by atoms with Gasteiger partial charge < -0.3 is 14.6 Å². The smallest absolute Gasteiger partial charge is 0.309 e. The third-order valence-corrected chi connectivity index (χ3v) is 5.77. The van der Waals surface area contributed by atoms with Crippen LogP contribution in [-0.2, 0) is 9.53 Å². The van der Waals surface area contributed by atoms with Gasteiger partial charge in [-0.2, -0.15) is 0 Å². The molecule has 3 aromatic rings. The first-order valence-electron chi connectivity index (χ1n) is 9.60. The average molecular weight is 394 g/mol. The van der Waals surface area contributed by atoms with Crippen molar-refractivity contribution in [1.29, 1.82) is 0 Å². The second-order valence-corrected chi connectivity index (χ2v) is 7.32. The van der Waals surface area contributed by atoms with Crippen molar-refractivity contribution in [2.75, 3.05) is 19.1 Å². The van der Waals surface area contributed by atoms with Gasteiger partial charge in [-0.25, -0.2) is 9.37 Å². The number of pyridine rings is 1. The number of halogens is 1. The van der Waals surface area contributed by atoms with Crippen molar-refractivity contribution in [2.24, 2.45) is 5.92 Å². The minimum Gasteiger partial charge on any atom is -0.469 e. The summed E-state index contributed by atoms with van der Waals surface area (Å²) >= 11 is 0. The summed E-state index contributed by atoms with van der Waals surface area (Å²) in [6, 6.07) is 10.2. The maximum Gasteiger partial charge on any atom is 0.309 e. The van der Waals surface area contributed by atoms with Gasteiger partial charge in [0.15, 0.2) is 0 Å². The molecule has 1 aliphatic rings. The molecule has 0 bridgehead atoms. The van der Waals surface area contributed by atoms with Crippen molar-refractivity contribution in [3.8, 4) is 11.4 Å². The van der Waals surface area contributed by atoms with Crippen LogP contribution in [0.5, 0.6) is 0 Å². The summed E-state index contributed by atoms with van der Waals surface area (Å²) in [7, 11) is 3.40. The molecule has 0 aliphatic heterocycles. The van der Waals surface area contributed by atoms with E-state index in [2.05, 4.69) is 19.9 Å². The predicted molar refractivity (Wildman–Crippen MR) is 108 cm³/mol. The van der Waals surface area contributed by atoms with E-state index in [1.54, 1.807) is 30.7 Å². The molecule has 6 nitrogen and oxygen atoms in total. The minimum atomic E-state index is -0.290. The van der Waals surface area contributed by atoms with E-state index < -0.39 is 0 Å². The standard InChI is InChI=1S/C22H23FN4O2/c1-27(19-13-25-21(26-19)15-9-11-24-12-10-15)18-8-7-17(22(28)29-2)20(18)14-3-5-16(23)6-4-14/h3-6,9-13,17-18,20H,7-8H2,1-2H3,(H,25,26). The third kappa shape index (κ3) is 3.72. The van der Waals surface area contributed by atoms with Crippen LogP contribution in [0.3, 0.4) is 0 Å². The van der Waals surface area contributed by atoms with Crippen LogP contribution in [0.25, 0.3) is 11.4 Å². The number of ether oxygens (including phenoxy) is 1. The van der Waals surface area contributed by atoms with Gasteiger partial charge in [0.1, 0.15) is 17.5 Å². The van der Waals surface area contributed by atoms with Crippen molar-refractivity contribution in [1.82, 2.24) is 15.0 Å². The van der Waals surface area contributed by atoms with Crippen LogP contribution < -0.4 is 4.90 Å². The van der Waals surface area contributed by atoms with Gasteiger partial charge in [-0.05, 0) is 42.7 Å². The molecule has 1 aromatic carbocycles. The zero-order valence-electron chi connectivity index (χ0n) is 16.4. The summed E-state index contributed by atoms with van der Waals surface area (Å²) < 4.78 is 18.5. The minimum absolute atomic E-state index is 0.0512. The van der Waals surface area contributed by atoms with Crippen molar-refractivity contribution in [3.05, 3.63) is 66.4 Å². The average Bonchev–Trinajstić information content (AvgIpc) is 3.42. The van der Waals surface area contributed by atoms with Gasteiger partial charge in [0.2, 0.25) is 0 Å². The Morgan fingerprint density at radius 3 is 2.59 bits per heavy atom. The summed E-state index contributed by atoms with van der Waals surface area (Å²) in [5, 5.41) is 0. The van der Waals surface area contributed by atoms with Gasteiger partial charge in [-0.3, -0.25) is 9.78 Å². The Balaban J connectivity index is 1.64. The van der Waals surface area contributed by atoms with Gasteiger partial charge in [0.25, 0.3) is 0 Å². The Kier molecular flexibility index (Phi) is 5.29. The summed E-state index contributed by atoms with van der Waals surface area (Å²) in [4.78, 5) is 26.4. The molecule has 150 valence electrons. The topological polar surface area (TPSA) is 71.1 Å². The van der Waals surface area contributed by atoms with E-state index in [9.17, 15) is 9.18 Å². The number of rotatable bonds is 5. The van der Waals surface area contributed by atoms with Crippen molar-refractivity contribution in [3.63, 3.8) is 0 Å². The maximum absolute atomic E-state index is 13.5. The lowest BCUT2D eigenvalue weighted by atomic mass is 9.86. The molecular weight excluding hydrogens is 371 g/mol. The van der Waals surface area contributed by atoms with Crippen LogP contribution in [0.4, 0.5) is 10.2 Å². The zero-order chi connectivity index (χ0) is 20.4. The van der Waals surface area contributed by atoms with Crippen LogP contribution >= 0.6 is 0 Å². The molecule has 4 rings (SSSR count). The number of H-pyrrole nitrogens is 1. The van der Waals surface area contributed by atoms with Crippen molar-refractivity contribution < 1.29 is 13.9 Å². The summed E-state index contributed by atoms with van der Waals surface area (Å²) in [5.74, 6) is 0.745. The number of nitrogens with zero attached hydrogens (tertiary/aromatic N) is 3. The summed E-state index contributed by atoms with van der Waals surface area (Å²) in [5.41, 5.74) is 1.89. The number of nitrogens with one attached hydrogen (secondary N) is 1. The van der Waals surface area contributed by atoms with E-state index in [-0.39, 0.29) is 29.7 Å². The van der Waals surface area contributed by atoms with E-state index in [4.69, 9.17) is 4.74 Å². The number of aromatic amines is 1. The van der Waals surface area contributed by atoms with Crippen molar-refractivity contribution >= 4 is 11.8 Å². The number of carbonyl (C=O) groups excluding carboxylic acids is 1. The van der Waals surface area contributed by atoms with Crippen molar-refractivity contribution in [2.45, 2.75) is 24.8 Å². The highest BCUT2D eigenvalue weighted by molar-refractivity contribution is 5.74. The number of hydrogen-bond donors (Lipinski definition) is 1. The highest BCUT2D eigenvalue weighted by Crippen LogP contribution is 2.43. The summed E-state index contributed by atoms with van der Waals surface area (Å²) in [6.45, 7) is 0. The van der Waals surface area contributed by atoms with Gasteiger partial charge in [-0.15, -0.1) is 0 Å². The summed E-state index contributed by atoms with van der Waals surface area (Å²) in [6.07, 6.45) is 6.79. The second-order valence-electron chi connectivity index (χ2n) is 7.32. The lowest BCUT2D eigenvalue weighted by Gasteiger charge is -2.32. The molecule has 0 radical (unpaired) electrons. The highest BCUT2D eigenvalue weighted by Gasteiger charge is 2.44. The maximum atomic E-state index is 13.5. The number of carbonyl (C=O) groups is 1. The number of esters is 1. The van der Waals surface area contributed by atoms with Gasteiger partial charge in [0.05, 0.1) is 19.2 Å². The number of anilines is 1. The number of imidazole rings is 1. The monoisotopic (exact) mass is 394 g/mol. The molecule has 0 spiro atoms. The number of methoxy groups -OCH3 is 1. The first kappa shape index (κ1) is 19.1. The number of aromatic nitrogens is 3. The van der Waals surface area contributed by atoms with Crippen LogP contribution in [0.1, 0.15) is 24.3 Å². The fourth-order valence-corrected chi connectivity index (χ4v) is 4.29. The molecule has 1 N–H and O–H groups in total. The molecule has 2 aromatic heterocycles. The molecule has 3 unspecified atom stereocenters. The molecule has 29 heavy (non-hydrogen) atoms. The molecule has 2 heterocycles. The molecule has 0 amide bonds. The van der Waals surface area contributed by atoms with Crippen LogP contribution in [0, 0.1) is 11.7 Å². The fourth-order valence-electron chi connectivity index (χ4n) is 4.29. The van der Waals surface area contributed by atoms with Gasteiger partial charge >= 0.3 is 5.97 Å². The Bertz CT molecular complexity index is 974. The SMILES string of the molecule is COC(=O)C1CCC(N(C)c2cnc(-c3ccncc3)[nH]2)C1c1ccc(F)cc1. The van der Waals surface area contributed by atoms with Crippen LogP contribution in [0.15, 0.2) is 55.0 Å². The lowest BCUT2D eigenvalue weighted by Crippen LogP contribution is -2.36. The molecular formula is C22H23FN4O2. The molecule has 3 atom stereocenters. The number of hydrogen-bond acceptors (Lipinski definition) is 5. The van der Waals surface area contributed by atoms with E-state index in [1.807, 2.05) is 19.2 Å². The predicted octanol–water partition coefficient (Wildman–Crippen LogP) is 3.78. The van der Waals surface area contributed by atoms with Gasteiger partial charge in [-0.1, -0.05) is 12.1 Å². The van der Waals surface area contributed by atoms with E-state index in [0.717, 1.165) is 35.6 Å². The van der Waals surface area contributed by atoms with E-state index >= 15 is 0 Å². The lowest BCUT2D eigenvalue weighted by molar-refractivity contribution is -0.145.